The van der Waals surface area contributed by atoms with Gasteiger partial charge >= 0.3 is 0 Å². The van der Waals surface area contributed by atoms with Crippen molar-refractivity contribution in [3.63, 3.8) is 0 Å². The normalized spacial score (nSPS) is 29.0. The molecule has 1 saturated heterocycles. The predicted octanol–water partition coefficient (Wildman–Crippen LogP) is 2.11. The molecule has 1 aliphatic heterocycles. The van der Waals surface area contributed by atoms with E-state index in [-0.39, 0.29) is 6.04 Å². The minimum atomic E-state index is 0.265. The first-order valence-electron chi connectivity index (χ1n) is 6.53. The van der Waals surface area contributed by atoms with E-state index in [4.69, 9.17) is 6.42 Å². The van der Waals surface area contributed by atoms with Crippen molar-refractivity contribution in [1.29, 1.82) is 0 Å². The molecule has 1 rings (SSSR count). The second kappa shape index (κ2) is 6.27. The van der Waals surface area contributed by atoms with Crippen molar-refractivity contribution in [2.45, 2.75) is 58.7 Å². The lowest BCUT2D eigenvalue weighted by Crippen LogP contribution is -2.58. The predicted molar refractivity (Wildman–Crippen MR) is 70.3 cm³/mol. The number of piperazine rings is 1. The first kappa shape index (κ1) is 13.5. The van der Waals surface area contributed by atoms with Crippen LogP contribution < -0.4 is 5.32 Å². The molecule has 0 amide bonds. The second-order valence-electron chi connectivity index (χ2n) is 5.34. The highest BCUT2D eigenvalue weighted by molar-refractivity contribution is 5.01. The van der Waals surface area contributed by atoms with E-state index in [1.807, 2.05) is 0 Å². The molecule has 2 heteroatoms. The van der Waals surface area contributed by atoms with Gasteiger partial charge in [-0.2, -0.15) is 0 Å². The van der Waals surface area contributed by atoms with E-state index in [2.05, 4.69) is 43.8 Å². The van der Waals surface area contributed by atoms with E-state index in [0.29, 0.717) is 12.1 Å². The Kier molecular flexibility index (Phi) is 5.31. The van der Waals surface area contributed by atoms with Crippen molar-refractivity contribution in [3.8, 4) is 12.3 Å². The molecule has 3 unspecified atom stereocenters. The Hall–Kier alpha value is -0.520. The fraction of sp³-hybridized carbons (Fsp3) is 0.857. The highest BCUT2D eigenvalue weighted by atomic mass is 15.2. The van der Waals surface area contributed by atoms with E-state index in [1.165, 1.54) is 12.8 Å². The minimum absolute atomic E-state index is 0.265. The summed E-state index contributed by atoms with van der Waals surface area (Å²) in [6.45, 7) is 11.1. The number of hydrogen-bond donors (Lipinski definition) is 1. The SMILES string of the molecule is C#CC(C)N1CC(CC(C)C)NCC1CC. The molecular weight excluding hydrogens is 196 g/mol. The molecule has 0 aromatic rings. The maximum atomic E-state index is 5.55. The van der Waals surface area contributed by atoms with Gasteiger partial charge in [0.15, 0.2) is 0 Å². The van der Waals surface area contributed by atoms with Gasteiger partial charge in [-0.15, -0.1) is 6.42 Å². The summed E-state index contributed by atoms with van der Waals surface area (Å²) in [5.41, 5.74) is 0. The average Bonchev–Trinajstić information content (AvgIpc) is 2.27. The van der Waals surface area contributed by atoms with Crippen molar-refractivity contribution in [2.75, 3.05) is 13.1 Å². The number of nitrogens with zero attached hydrogens (tertiary/aromatic N) is 1. The zero-order valence-corrected chi connectivity index (χ0v) is 11.2. The van der Waals surface area contributed by atoms with Crippen molar-refractivity contribution in [2.24, 2.45) is 5.92 Å². The van der Waals surface area contributed by atoms with Gasteiger partial charge in [-0.1, -0.05) is 26.7 Å². The third-order valence-corrected chi connectivity index (χ3v) is 3.51. The molecule has 2 nitrogen and oxygen atoms in total. The molecule has 3 atom stereocenters. The van der Waals surface area contributed by atoms with Crippen LogP contribution in [-0.2, 0) is 0 Å². The molecule has 0 bridgehead atoms. The van der Waals surface area contributed by atoms with Crippen molar-refractivity contribution in [1.82, 2.24) is 10.2 Å². The maximum absolute atomic E-state index is 5.55. The summed E-state index contributed by atoms with van der Waals surface area (Å²) in [7, 11) is 0. The van der Waals surface area contributed by atoms with Gasteiger partial charge in [0.05, 0.1) is 6.04 Å². The summed E-state index contributed by atoms with van der Waals surface area (Å²) < 4.78 is 0. The first-order chi connectivity index (χ1) is 7.58. The largest absolute Gasteiger partial charge is 0.311 e. The van der Waals surface area contributed by atoms with E-state index >= 15 is 0 Å². The molecule has 0 radical (unpaired) electrons. The van der Waals surface area contributed by atoms with E-state index in [1.54, 1.807) is 0 Å². The van der Waals surface area contributed by atoms with E-state index in [0.717, 1.165) is 19.0 Å². The summed E-state index contributed by atoms with van der Waals surface area (Å²) in [5, 5.41) is 3.65. The van der Waals surface area contributed by atoms with Crippen LogP contribution >= 0.6 is 0 Å². The van der Waals surface area contributed by atoms with Crippen LogP contribution in [0.2, 0.25) is 0 Å². The minimum Gasteiger partial charge on any atom is -0.311 e. The molecule has 92 valence electrons. The molecular formula is C14H26N2. The standard InChI is InChI=1S/C14H26N2/c1-6-12(5)16-10-13(8-11(3)4)15-9-14(16)7-2/h1,11-15H,7-10H2,2-5H3. The number of nitrogens with one attached hydrogen (secondary N) is 1. The fourth-order valence-electron chi connectivity index (χ4n) is 2.56. The topological polar surface area (TPSA) is 15.3 Å². The number of terminal acetylenes is 1. The molecule has 1 N–H and O–H groups in total. The molecule has 0 spiro atoms. The lowest BCUT2D eigenvalue weighted by molar-refractivity contribution is 0.102. The maximum Gasteiger partial charge on any atom is 0.0686 e. The molecule has 1 heterocycles. The van der Waals surface area contributed by atoms with E-state index < -0.39 is 0 Å². The zero-order chi connectivity index (χ0) is 12.1. The second-order valence-corrected chi connectivity index (χ2v) is 5.34. The highest BCUT2D eigenvalue weighted by Crippen LogP contribution is 2.17. The summed E-state index contributed by atoms with van der Waals surface area (Å²) in [5.74, 6) is 3.62. The number of hydrogen-bond acceptors (Lipinski definition) is 2. The van der Waals surface area contributed by atoms with Crippen LogP contribution in [0.25, 0.3) is 0 Å². The fourth-order valence-corrected chi connectivity index (χ4v) is 2.56. The van der Waals surface area contributed by atoms with Crippen LogP contribution in [0, 0.1) is 18.3 Å². The molecule has 0 aromatic carbocycles. The smallest absolute Gasteiger partial charge is 0.0686 e. The molecule has 0 aliphatic carbocycles. The van der Waals surface area contributed by atoms with Crippen molar-refractivity contribution in [3.05, 3.63) is 0 Å². The van der Waals surface area contributed by atoms with Crippen LogP contribution in [0.3, 0.4) is 0 Å². The van der Waals surface area contributed by atoms with Crippen LogP contribution in [0.5, 0.6) is 0 Å². The van der Waals surface area contributed by atoms with Gasteiger partial charge < -0.3 is 5.32 Å². The summed E-state index contributed by atoms with van der Waals surface area (Å²) in [4.78, 5) is 2.49. The lowest BCUT2D eigenvalue weighted by atomic mass is 9.98. The molecule has 16 heavy (non-hydrogen) atoms. The molecule has 0 aromatic heterocycles. The van der Waals surface area contributed by atoms with Crippen LogP contribution in [0.1, 0.15) is 40.5 Å². The molecule has 1 fully saturated rings. The van der Waals surface area contributed by atoms with Crippen molar-refractivity contribution >= 4 is 0 Å². The quantitative estimate of drug-likeness (QED) is 0.733. The van der Waals surface area contributed by atoms with Crippen LogP contribution in [0.4, 0.5) is 0 Å². The summed E-state index contributed by atoms with van der Waals surface area (Å²) in [6.07, 6.45) is 7.97. The highest BCUT2D eigenvalue weighted by Gasteiger charge is 2.29. The Morgan fingerprint density at radius 3 is 2.62 bits per heavy atom. The van der Waals surface area contributed by atoms with Crippen LogP contribution in [-0.4, -0.2) is 36.1 Å². The monoisotopic (exact) mass is 222 g/mol. The van der Waals surface area contributed by atoms with Gasteiger partial charge in [-0.25, -0.2) is 0 Å². The van der Waals surface area contributed by atoms with Gasteiger partial charge in [0.1, 0.15) is 0 Å². The Balaban J connectivity index is 2.59. The van der Waals surface area contributed by atoms with Gasteiger partial charge in [-0.3, -0.25) is 4.90 Å². The molecule has 1 aliphatic rings. The van der Waals surface area contributed by atoms with Crippen LogP contribution in [0.15, 0.2) is 0 Å². The Bertz CT molecular complexity index is 242. The Labute approximate surface area is 101 Å². The van der Waals surface area contributed by atoms with Gasteiger partial charge in [0.2, 0.25) is 0 Å². The third-order valence-electron chi connectivity index (χ3n) is 3.51. The molecule has 0 saturated carbocycles. The summed E-state index contributed by atoms with van der Waals surface area (Å²) >= 11 is 0. The van der Waals surface area contributed by atoms with Gasteiger partial charge in [0.25, 0.3) is 0 Å². The summed E-state index contributed by atoms with van der Waals surface area (Å²) in [6, 6.07) is 1.48. The van der Waals surface area contributed by atoms with Gasteiger partial charge in [-0.05, 0) is 25.7 Å². The lowest BCUT2D eigenvalue weighted by Gasteiger charge is -2.42. The van der Waals surface area contributed by atoms with Gasteiger partial charge in [0, 0.05) is 25.2 Å². The zero-order valence-electron chi connectivity index (χ0n) is 11.2. The number of rotatable bonds is 4. The Morgan fingerprint density at radius 2 is 2.12 bits per heavy atom. The van der Waals surface area contributed by atoms with E-state index in [9.17, 15) is 0 Å². The third kappa shape index (κ3) is 3.50. The first-order valence-corrected chi connectivity index (χ1v) is 6.53. The average molecular weight is 222 g/mol. The van der Waals surface area contributed by atoms with Crippen molar-refractivity contribution < 1.29 is 0 Å². The Morgan fingerprint density at radius 1 is 1.44 bits per heavy atom.